The van der Waals surface area contributed by atoms with Crippen molar-refractivity contribution in [3.8, 4) is 5.75 Å². The Morgan fingerprint density at radius 1 is 1.00 bits per heavy atom. The van der Waals surface area contributed by atoms with Crippen molar-refractivity contribution in [1.29, 1.82) is 0 Å². The first-order valence-electron chi connectivity index (χ1n) is 5.72. The molecule has 15 heavy (non-hydrogen) atoms. The Morgan fingerprint density at radius 2 is 1.67 bits per heavy atom. The number of phenolic OH excluding ortho intramolecular Hbond substituents is 1. The Kier molecular flexibility index (Phi) is 5.60. The van der Waals surface area contributed by atoms with E-state index in [0.29, 0.717) is 5.75 Å². The number of unbranched alkanes of at least 4 members (excludes halogenated alkanes) is 4. The minimum Gasteiger partial charge on any atom is -0.508 e. The first-order valence-corrected chi connectivity index (χ1v) is 5.72. The largest absolute Gasteiger partial charge is 0.508 e. The van der Waals surface area contributed by atoms with E-state index in [-0.39, 0.29) is 0 Å². The van der Waals surface area contributed by atoms with Crippen molar-refractivity contribution in [3.63, 3.8) is 0 Å². The number of hydrogen-bond acceptors (Lipinski definition) is 1. The summed E-state index contributed by atoms with van der Waals surface area (Å²) in [5, 5.41) is 9.12. The van der Waals surface area contributed by atoms with Crippen LogP contribution in [-0.4, -0.2) is 5.11 Å². The molecule has 82 valence electrons. The monoisotopic (exact) mass is 204 g/mol. The highest BCUT2D eigenvalue weighted by atomic mass is 16.3. The number of aromatic hydroxyl groups is 1. The van der Waals surface area contributed by atoms with Gasteiger partial charge < -0.3 is 5.11 Å². The van der Waals surface area contributed by atoms with Gasteiger partial charge in [0.1, 0.15) is 5.75 Å². The highest BCUT2D eigenvalue weighted by molar-refractivity contribution is 5.25. The zero-order valence-electron chi connectivity index (χ0n) is 9.28. The van der Waals surface area contributed by atoms with Crippen LogP contribution in [0.2, 0.25) is 0 Å². The Balaban J connectivity index is 2.09. The van der Waals surface area contributed by atoms with Crippen molar-refractivity contribution < 1.29 is 5.11 Å². The van der Waals surface area contributed by atoms with Gasteiger partial charge in [-0.3, -0.25) is 0 Å². The standard InChI is InChI=1S/C14H20O/c1-2-3-4-5-6-7-8-13-9-11-14(15)12-10-13/h2,9-12,15H,1,3-8H2. The molecule has 1 aromatic rings. The van der Waals surface area contributed by atoms with Gasteiger partial charge in [-0.05, 0) is 43.4 Å². The van der Waals surface area contributed by atoms with E-state index < -0.39 is 0 Å². The average molecular weight is 204 g/mol. The quantitative estimate of drug-likeness (QED) is 0.524. The van der Waals surface area contributed by atoms with Crippen molar-refractivity contribution in [2.24, 2.45) is 0 Å². The first-order chi connectivity index (χ1) is 7.33. The summed E-state index contributed by atoms with van der Waals surface area (Å²) in [6, 6.07) is 7.51. The fourth-order valence-corrected chi connectivity index (χ4v) is 1.63. The lowest BCUT2D eigenvalue weighted by Crippen LogP contribution is -1.85. The van der Waals surface area contributed by atoms with Crippen molar-refractivity contribution >= 4 is 0 Å². The van der Waals surface area contributed by atoms with Gasteiger partial charge in [0.15, 0.2) is 0 Å². The molecule has 1 aromatic carbocycles. The molecule has 0 amide bonds. The molecule has 0 fully saturated rings. The summed E-state index contributed by atoms with van der Waals surface area (Å²) in [4.78, 5) is 0. The second-order valence-electron chi connectivity index (χ2n) is 3.91. The summed E-state index contributed by atoms with van der Waals surface area (Å²) >= 11 is 0. The van der Waals surface area contributed by atoms with Crippen LogP contribution in [0.15, 0.2) is 36.9 Å². The summed E-state index contributed by atoms with van der Waals surface area (Å²) in [7, 11) is 0. The van der Waals surface area contributed by atoms with Crippen LogP contribution in [0.3, 0.4) is 0 Å². The normalized spacial score (nSPS) is 10.1. The smallest absolute Gasteiger partial charge is 0.115 e. The topological polar surface area (TPSA) is 20.2 Å². The van der Waals surface area contributed by atoms with Gasteiger partial charge in [-0.25, -0.2) is 0 Å². The molecule has 0 atom stereocenters. The molecule has 0 aromatic heterocycles. The van der Waals surface area contributed by atoms with E-state index in [1.54, 1.807) is 12.1 Å². The zero-order chi connectivity index (χ0) is 10.9. The first kappa shape index (κ1) is 11.8. The van der Waals surface area contributed by atoms with Crippen LogP contribution in [-0.2, 0) is 6.42 Å². The van der Waals surface area contributed by atoms with Crippen LogP contribution in [0.5, 0.6) is 5.75 Å². The molecule has 0 aliphatic heterocycles. The molecule has 1 N–H and O–H groups in total. The lowest BCUT2D eigenvalue weighted by atomic mass is 10.1. The van der Waals surface area contributed by atoms with Crippen LogP contribution in [0.25, 0.3) is 0 Å². The van der Waals surface area contributed by atoms with Gasteiger partial charge in [0.05, 0.1) is 0 Å². The summed E-state index contributed by atoms with van der Waals surface area (Å²) in [6.45, 7) is 3.71. The van der Waals surface area contributed by atoms with E-state index in [1.807, 2.05) is 18.2 Å². The Bertz CT molecular complexity index is 274. The van der Waals surface area contributed by atoms with Crippen molar-refractivity contribution in [3.05, 3.63) is 42.5 Å². The Hall–Kier alpha value is -1.24. The number of rotatable bonds is 7. The summed E-state index contributed by atoms with van der Waals surface area (Å²) in [5.74, 6) is 0.352. The van der Waals surface area contributed by atoms with E-state index >= 15 is 0 Å². The SMILES string of the molecule is C=CCCCCCCc1ccc(O)cc1. The third-order valence-electron chi connectivity index (χ3n) is 2.56. The van der Waals surface area contributed by atoms with Crippen molar-refractivity contribution in [1.82, 2.24) is 0 Å². The van der Waals surface area contributed by atoms with Gasteiger partial charge in [-0.2, -0.15) is 0 Å². The van der Waals surface area contributed by atoms with Crippen LogP contribution in [0, 0.1) is 0 Å². The molecule has 0 heterocycles. The third kappa shape index (κ3) is 5.26. The number of hydrogen-bond donors (Lipinski definition) is 1. The Morgan fingerprint density at radius 3 is 2.33 bits per heavy atom. The van der Waals surface area contributed by atoms with Crippen LogP contribution in [0.1, 0.15) is 37.7 Å². The fourth-order valence-electron chi connectivity index (χ4n) is 1.63. The molecule has 1 heteroatoms. The molecule has 0 saturated heterocycles. The lowest BCUT2D eigenvalue weighted by Gasteiger charge is -2.01. The minimum atomic E-state index is 0.352. The molecular weight excluding hydrogens is 184 g/mol. The second kappa shape index (κ2) is 7.10. The third-order valence-corrected chi connectivity index (χ3v) is 2.56. The highest BCUT2D eigenvalue weighted by Crippen LogP contribution is 2.13. The highest BCUT2D eigenvalue weighted by Gasteiger charge is 1.94. The molecule has 1 nitrogen and oxygen atoms in total. The van der Waals surface area contributed by atoms with Crippen molar-refractivity contribution in [2.75, 3.05) is 0 Å². The fraction of sp³-hybridized carbons (Fsp3) is 0.429. The predicted octanol–water partition coefficient (Wildman–Crippen LogP) is 4.07. The van der Waals surface area contributed by atoms with Gasteiger partial charge in [-0.1, -0.05) is 31.1 Å². The maximum atomic E-state index is 9.12. The van der Waals surface area contributed by atoms with E-state index in [2.05, 4.69) is 6.58 Å². The average Bonchev–Trinajstić information content (AvgIpc) is 2.26. The molecular formula is C14H20O. The van der Waals surface area contributed by atoms with Crippen LogP contribution in [0.4, 0.5) is 0 Å². The summed E-state index contributed by atoms with van der Waals surface area (Å²) in [6.07, 6.45) is 9.33. The molecule has 0 bridgehead atoms. The Labute approximate surface area is 92.5 Å². The minimum absolute atomic E-state index is 0.352. The maximum Gasteiger partial charge on any atom is 0.115 e. The van der Waals surface area contributed by atoms with Crippen LogP contribution >= 0.6 is 0 Å². The lowest BCUT2D eigenvalue weighted by molar-refractivity contribution is 0.475. The zero-order valence-corrected chi connectivity index (χ0v) is 9.28. The van der Waals surface area contributed by atoms with Crippen molar-refractivity contribution in [2.45, 2.75) is 38.5 Å². The maximum absolute atomic E-state index is 9.12. The molecule has 0 unspecified atom stereocenters. The summed E-state index contributed by atoms with van der Waals surface area (Å²) in [5.41, 5.74) is 1.32. The number of allylic oxidation sites excluding steroid dienone is 1. The molecule has 1 rings (SSSR count). The van der Waals surface area contributed by atoms with Crippen LogP contribution < -0.4 is 0 Å². The van der Waals surface area contributed by atoms with Gasteiger partial charge in [0, 0.05) is 0 Å². The van der Waals surface area contributed by atoms with E-state index in [9.17, 15) is 0 Å². The molecule has 0 radical (unpaired) electrons. The van der Waals surface area contributed by atoms with E-state index in [4.69, 9.17) is 5.11 Å². The van der Waals surface area contributed by atoms with E-state index in [0.717, 1.165) is 12.8 Å². The molecule has 0 spiro atoms. The molecule has 0 aliphatic rings. The van der Waals surface area contributed by atoms with E-state index in [1.165, 1.54) is 31.2 Å². The van der Waals surface area contributed by atoms with Gasteiger partial charge in [0.2, 0.25) is 0 Å². The van der Waals surface area contributed by atoms with Gasteiger partial charge in [-0.15, -0.1) is 6.58 Å². The second-order valence-corrected chi connectivity index (χ2v) is 3.91. The molecule has 0 saturated carbocycles. The summed E-state index contributed by atoms with van der Waals surface area (Å²) < 4.78 is 0. The van der Waals surface area contributed by atoms with Gasteiger partial charge >= 0.3 is 0 Å². The number of benzene rings is 1. The number of aryl methyl sites for hydroxylation is 1. The predicted molar refractivity (Wildman–Crippen MR) is 65.1 cm³/mol. The molecule has 0 aliphatic carbocycles. The number of phenols is 1. The van der Waals surface area contributed by atoms with Gasteiger partial charge in [0.25, 0.3) is 0 Å².